The van der Waals surface area contributed by atoms with Crippen LogP contribution >= 0.6 is 0 Å². The Kier molecular flexibility index (Phi) is 2.81. The number of H-pyrrole nitrogens is 1. The smallest absolute Gasteiger partial charge is 0.113 e. The fourth-order valence-electron chi connectivity index (χ4n) is 3.37. The summed E-state index contributed by atoms with van der Waals surface area (Å²) in [5.41, 5.74) is 4.85. The molecule has 98 valence electrons. The zero-order chi connectivity index (χ0) is 13.5. The lowest BCUT2D eigenvalue weighted by Gasteiger charge is -2.21. The van der Waals surface area contributed by atoms with Gasteiger partial charge in [-0.15, -0.1) is 0 Å². The maximum absolute atomic E-state index is 5.92. The van der Waals surface area contributed by atoms with E-state index in [0.29, 0.717) is 5.92 Å². The average Bonchev–Trinajstić information content (AvgIpc) is 2.97. The van der Waals surface area contributed by atoms with Crippen LogP contribution in [0, 0.1) is 5.92 Å². The topological polar surface area (TPSA) is 19.0 Å². The largest absolute Gasteiger partial charge is 0.357 e. The third-order valence-corrected chi connectivity index (χ3v) is 4.34. The van der Waals surface area contributed by atoms with E-state index in [1.165, 1.54) is 22.2 Å². The molecule has 1 unspecified atom stereocenters. The highest BCUT2D eigenvalue weighted by molar-refractivity contribution is 6.33. The summed E-state index contributed by atoms with van der Waals surface area (Å²) in [6, 6.07) is 6.14. The summed E-state index contributed by atoms with van der Waals surface area (Å²) in [5, 5.41) is 1.29. The second-order valence-corrected chi connectivity index (χ2v) is 5.87. The molecule has 1 N–H and O–H groups in total. The predicted octanol–water partition coefficient (Wildman–Crippen LogP) is 2.41. The fraction of sp³-hybridized carbons (Fsp3) is 0.294. The third kappa shape index (κ3) is 2.02. The highest BCUT2D eigenvalue weighted by Crippen LogP contribution is 2.30. The van der Waals surface area contributed by atoms with Crippen LogP contribution in [0.4, 0.5) is 0 Å². The summed E-state index contributed by atoms with van der Waals surface area (Å²) in [7, 11) is 5.92. The van der Waals surface area contributed by atoms with Crippen LogP contribution in [-0.4, -0.2) is 24.3 Å². The van der Waals surface area contributed by atoms with E-state index in [1.807, 2.05) is 6.07 Å². The molecule has 1 aliphatic carbocycles. The van der Waals surface area contributed by atoms with Crippen LogP contribution < -0.4 is 5.46 Å². The second kappa shape index (κ2) is 4.67. The van der Waals surface area contributed by atoms with Crippen LogP contribution in [0.15, 0.2) is 42.5 Å². The molecule has 2 aliphatic rings. The first-order valence-corrected chi connectivity index (χ1v) is 7.24. The zero-order valence-corrected chi connectivity index (χ0v) is 11.5. The van der Waals surface area contributed by atoms with Crippen molar-refractivity contribution in [1.29, 1.82) is 0 Å². The number of benzene rings is 1. The molecule has 4 rings (SSSR count). The predicted molar refractivity (Wildman–Crippen MR) is 84.2 cm³/mol. The molecule has 2 radical (unpaired) electrons. The number of allylic oxidation sites excluding steroid dienone is 3. The van der Waals surface area contributed by atoms with Gasteiger partial charge in [0.15, 0.2) is 0 Å². The number of nitrogens with one attached hydrogen (secondary N) is 1. The number of nitrogens with zero attached hydrogens (tertiary/aromatic N) is 1. The number of hydrogen-bond acceptors (Lipinski definition) is 1. The minimum absolute atomic E-state index is 0.653. The maximum Gasteiger partial charge on any atom is 0.113 e. The van der Waals surface area contributed by atoms with Crippen LogP contribution in [0.5, 0.6) is 0 Å². The van der Waals surface area contributed by atoms with Crippen LogP contribution in [0.2, 0.25) is 0 Å². The SMILES string of the molecule is [B]c1ccc2[nH]c3c(c2c1)CN(CC1C=CC=CC1)C3. The van der Waals surface area contributed by atoms with E-state index in [0.717, 1.165) is 31.5 Å². The average molecular weight is 260 g/mol. The van der Waals surface area contributed by atoms with Gasteiger partial charge in [0.2, 0.25) is 0 Å². The molecule has 20 heavy (non-hydrogen) atoms. The Bertz CT molecular complexity index is 711. The summed E-state index contributed by atoms with van der Waals surface area (Å²) < 4.78 is 0. The lowest BCUT2D eigenvalue weighted by molar-refractivity contribution is 0.254. The Hall–Kier alpha value is -1.74. The third-order valence-electron chi connectivity index (χ3n) is 4.34. The zero-order valence-electron chi connectivity index (χ0n) is 11.5. The molecule has 1 aliphatic heterocycles. The van der Waals surface area contributed by atoms with Crippen molar-refractivity contribution in [3.63, 3.8) is 0 Å². The van der Waals surface area contributed by atoms with E-state index < -0.39 is 0 Å². The highest BCUT2D eigenvalue weighted by Gasteiger charge is 2.24. The van der Waals surface area contributed by atoms with Crippen LogP contribution in [0.1, 0.15) is 17.7 Å². The molecule has 1 atom stereocenters. The number of rotatable bonds is 2. The molecule has 2 nitrogen and oxygen atoms in total. The molecule has 0 fully saturated rings. The van der Waals surface area contributed by atoms with Gasteiger partial charge in [0.1, 0.15) is 7.85 Å². The van der Waals surface area contributed by atoms with Crippen molar-refractivity contribution < 1.29 is 0 Å². The quantitative estimate of drug-likeness (QED) is 0.821. The summed E-state index contributed by atoms with van der Waals surface area (Å²) in [6.07, 6.45) is 10.0. The van der Waals surface area contributed by atoms with E-state index in [2.05, 4.69) is 46.3 Å². The fourth-order valence-corrected chi connectivity index (χ4v) is 3.37. The van der Waals surface area contributed by atoms with Gasteiger partial charge >= 0.3 is 0 Å². The van der Waals surface area contributed by atoms with Gasteiger partial charge < -0.3 is 4.98 Å². The van der Waals surface area contributed by atoms with E-state index >= 15 is 0 Å². The van der Waals surface area contributed by atoms with E-state index in [1.54, 1.807) is 0 Å². The number of aromatic nitrogens is 1. The van der Waals surface area contributed by atoms with Gasteiger partial charge in [-0.1, -0.05) is 41.9 Å². The number of hydrogen-bond donors (Lipinski definition) is 1. The summed E-state index contributed by atoms with van der Waals surface area (Å²) in [5.74, 6) is 0.653. The highest BCUT2D eigenvalue weighted by atomic mass is 15.2. The monoisotopic (exact) mass is 260 g/mol. The molecule has 3 heteroatoms. The molecule has 0 amide bonds. The van der Waals surface area contributed by atoms with Crippen molar-refractivity contribution in [1.82, 2.24) is 9.88 Å². The molecule has 2 heterocycles. The molecular weight excluding hydrogens is 243 g/mol. The minimum atomic E-state index is 0.653. The van der Waals surface area contributed by atoms with Gasteiger partial charge in [0, 0.05) is 36.2 Å². The first-order chi connectivity index (χ1) is 9.79. The van der Waals surface area contributed by atoms with E-state index in [-0.39, 0.29) is 0 Å². The second-order valence-electron chi connectivity index (χ2n) is 5.87. The van der Waals surface area contributed by atoms with Crippen molar-refractivity contribution >= 4 is 24.2 Å². The van der Waals surface area contributed by atoms with Gasteiger partial charge in [-0.2, -0.15) is 0 Å². The standard InChI is InChI=1S/C17H17BN2/c18-13-6-7-16-14(8-13)15-10-20(11-17(15)19-16)9-12-4-2-1-3-5-12/h1-4,6-8,12,19H,5,9-11H2. The van der Waals surface area contributed by atoms with Gasteiger partial charge in [-0.05, 0) is 24.0 Å². The number of fused-ring (bicyclic) bond motifs is 3. The molecule has 0 saturated heterocycles. The lowest BCUT2D eigenvalue weighted by atomic mass is 9.94. The van der Waals surface area contributed by atoms with Crippen LogP contribution in [-0.2, 0) is 13.1 Å². The van der Waals surface area contributed by atoms with Crippen LogP contribution in [0.3, 0.4) is 0 Å². The number of aromatic amines is 1. The molecule has 1 aromatic heterocycles. The lowest BCUT2D eigenvalue weighted by Crippen LogP contribution is -2.24. The summed E-state index contributed by atoms with van der Waals surface area (Å²) in [6.45, 7) is 3.19. The van der Waals surface area contributed by atoms with E-state index in [9.17, 15) is 0 Å². The minimum Gasteiger partial charge on any atom is -0.357 e. The van der Waals surface area contributed by atoms with Crippen molar-refractivity contribution in [3.8, 4) is 0 Å². The molecule has 2 aromatic rings. The Morgan fingerprint density at radius 3 is 3.05 bits per heavy atom. The maximum atomic E-state index is 5.92. The Morgan fingerprint density at radius 2 is 2.20 bits per heavy atom. The van der Waals surface area contributed by atoms with Crippen molar-refractivity contribution in [2.45, 2.75) is 19.5 Å². The van der Waals surface area contributed by atoms with Gasteiger partial charge in [0.25, 0.3) is 0 Å². The Balaban J connectivity index is 1.56. The van der Waals surface area contributed by atoms with Crippen molar-refractivity contribution in [2.75, 3.05) is 6.54 Å². The van der Waals surface area contributed by atoms with Gasteiger partial charge in [-0.3, -0.25) is 4.90 Å². The van der Waals surface area contributed by atoms with Crippen LogP contribution in [0.25, 0.3) is 10.9 Å². The first kappa shape index (κ1) is 12.0. The molecular formula is C17H17BN2. The molecule has 1 aromatic carbocycles. The van der Waals surface area contributed by atoms with Gasteiger partial charge in [-0.25, -0.2) is 0 Å². The molecule has 0 saturated carbocycles. The van der Waals surface area contributed by atoms with Crippen molar-refractivity contribution in [3.05, 3.63) is 53.8 Å². The normalized spacial score (nSPS) is 21.7. The molecule has 0 bridgehead atoms. The van der Waals surface area contributed by atoms with Gasteiger partial charge in [0.05, 0.1) is 0 Å². The summed E-state index contributed by atoms with van der Waals surface area (Å²) in [4.78, 5) is 6.07. The Labute approximate surface area is 120 Å². The van der Waals surface area contributed by atoms with Crippen molar-refractivity contribution in [2.24, 2.45) is 5.92 Å². The Morgan fingerprint density at radius 1 is 1.25 bits per heavy atom. The first-order valence-electron chi connectivity index (χ1n) is 7.24. The molecule has 0 spiro atoms. The summed E-state index contributed by atoms with van der Waals surface area (Å²) >= 11 is 0. The van der Waals surface area contributed by atoms with E-state index in [4.69, 9.17) is 7.85 Å².